The minimum Gasteiger partial charge on any atom is -0.493 e. The minimum atomic E-state index is -4.11. The SMILES string of the molecule is COc1cc(Oc2ccc3c(c2)c(C#N)cn3C)cc(OC)c1OP(=O)(OC(C)(C)C)OC(C)(C)C. The molecule has 0 atom stereocenters. The Morgan fingerprint density at radius 3 is 1.92 bits per heavy atom. The van der Waals surface area contributed by atoms with Crippen LogP contribution in [0, 0.1) is 11.3 Å². The molecule has 2 aromatic carbocycles. The van der Waals surface area contributed by atoms with Crippen molar-refractivity contribution in [3.63, 3.8) is 0 Å². The van der Waals surface area contributed by atoms with Crippen LogP contribution in [-0.4, -0.2) is 30.0 Å². The number of benzene rings is 2. The Morgan fingerprint density at radius 1 is 0.889 bits per heavy atom. The molecule has 3 rings (SSSR count). The van der Waals surface area contributed by atoms with E-state index in [-0.39, 0.29) is 17.2 Å². The number of hydrogen-bond acceptors (Lipinski definition) is 8. The molecule has 36 heavy (non-hydrogen) atoms. The molecule has 1 aromatic heterocycles. The van der Waals surface area contributed by atoms with Gasteiger partial charge < -0.3 is 23.3 Å². The summed E-state index contributed by atoms with van der Waals surface area (Å²) in [5, 5.41) is 10.2. The maximum absolute atomic E-state index is 13.7. The second-order valence-electron chi connectivity index (χ2n) is 10.1. The Hall–Kier alpha value is -3.18. The highest BCUT2D eigenvalue weighted by molar-refractivity contribution is 7.49. The molecule has 0 radical (unpaired) electrons. The van der Waals surface area contributed by atoms with Crippen LogP contribution in [0.2, 0.25) is 0 Å². The van der Waals surface area contributed by atoms with Gasteiger partial charge in [0.25, 0.3) is 0 Å². The van der Waals surface area contributed by atoms with E-state index in [9.17, 15) is 9.83 Å². The molecule has 10 heteroatoms. The summed E-state index contributed by atoms with van der Waals surface area (Å²) in [7, 11) is 0.655. The van der Waals surface area contributed by atoms with Crippen molar-refractivity contribution >= 4 is 18.7 Å². The van der Waals surface area contributed by atoms with E-state index in [0.29, 0.717) is 17.1 Å². The number of rotatable bonds is 8. The van der Waals surface area contributed by atoms with E-state index in [1.807, 2.05) is 17.7 Å². The monoisotopic (exact) mass is 516 g/mol. The molecule has 0 aliphatic heterocycles. The lowest BCUT2D eigenvalue weighted by Gasteiger charge is -2.31. The van der Waals surface area contributed by atoms with Crippen LogP contribution in [0.5, 0.6) is 28.7 Å². The average molecular weight is 517 g/mol. The number of nitriles is 1. The summed E-state index contributed by atoms with van der Waals surface area (Å²) < 4.78 is 50.0. The van der Waals surface area contributed by atoms with Gasteiger partial charge in [0, 0.05) is 36.3 Å². The van der Waals surface area contributed by atoms with Crippen LogP contribution in [0.3, 0.4) is 0 Å². The lowest BCUT2D eigenvalue weighted by molar-refractivity contribution is 0.0216. The fraction of sp³-hybridized carbons (Fsp3) is 0.423. The molecule has 0 saturated heterocycles. The first-order valence-corrected chi connectivity index (χ1v) is 12.8. The van der Waals surface area contributed by atoms with E-state index >= 15 is 0 Å². The summed E-state index contributed by atoms with van der Waals surface area (Å²) in [6, 6.07) is 10.8. The smallest absolute Gasteiger partial charge is 0.493 e. The molecule has 0 aliphatic rings. The highest BCUT2D eigenvalue weighted by Gasteiger charge is 2.40. The second-order valence-corrected chi connectivity index (χ2v) is 11.6. The Balaban J connectivity index is 2.01. The van der Waals surface area contributed by atoms with Crippen molar-refractivity contribution in [2.24, 2.45) is 7.05 Å². The van der Waals surface area contributed by atoms with Crippen molar-refractivity contribution in [1.29, 1.82) is 5.26 Å². The van der Waals surface area contributed by atoms with Gasteiger partial charge in [0.1, 0.15) is 17.6 Å². The van der Waals surface area contributed by atoms with E-state index in [0.717, 1.165) is 10.9 Å². The third-order valence-corrected chi connectivity index (χ3v) is 6.67. The van der Waals surface area contributed by atoms with Gasteiger partial charge in [-0.2, -0.15) is 5.26 Å². The molecule has 0 bridgehead atoms. The Labute approximate surface area is 212 Å². The molecular formula is C26H33N2O7P. The number of aromatic nitrogens is 1. The standard InChI is InChI=1S/C26H33N2O7P/c1-25(2,3)34-36(29,35-26(4,5)6)33-24-22(30-8)13-19(14-23(24)31-9)32-18-10-11-21-20(12-18)17(15-27)16-28(21)7/h10-14,16H,1-9H3. The van der Waals surface area contributed by atoms with Crippen LogP contribution in [0.1, 0.15) is 47.1 Å². The quantitative estimate of drug-likeness (QED) is 0.296. The fourth-order valence-corrected chi connectivity index (χ4v) is 5.36. The third-order valence-electron chi connectivity index (χ3n) is 4.73. The first-order chi connectivity index (χ1) is 16.7. The van der Waals surface area contributed by atoms with Crippen LogP contribution in [0.15, 0.2) is 36.5 Å². The van der Waals surface area contributed by atoms with Gasteiger partial charge in [0.2, 0.25) is 5.75 Å². The number of nitrogens with zero attached hydrogens (tertiary/aromatic N) is 2. The van der Waals surface area contributed by atoms with E-state index in [4.69, 9.17) is 27.8 Å². The van der Waals surface area contributed by atoms with Gasteiger partial charge in [-0.25, -0.2) is 4.57 Å². The molecular weight excluding hydrogens is 483 g/mol. The molecule has 1 heterocycles. The van der Waals surface area contributed by atoms with E-state index in [1.165, 1.54) is 14.2 Å². The molecule has 0 N–H and O–H groups in total. The number of fused-ring (bicyclic) bond motifs is 1. The van der Waals surface area contributed by atoms with E-state index < -0.39 is 19.0 Å². The Kier molecular flexibility index (Phi) is 7.66. The van der Waals surface area contributed by atoms with Crippen LogP contribution < -0.4 is 18.7 Å². The van der Waals surface area contributed by atoms with Crippen LogP contribution in [0.25, 0.3) is 10.9 Å². The molecule has 0 aliphatic carbocycles. The van der Waals surface area contributed by atoms with Crippen molar-refractivity contribution in [3.05, 3.63) is 42.1 Å². The summed E-state index contributed by atoms with van der Waals surface area (Å²) in [5.41, 5.74) is -0.178. The van der Waals surface area contributed by atoms with Crippen molar-refractivity contribution in [2.45, 2.75) is 52.7 Å². The zero-order valence-electron chi connectivity index (χ0n) is 22.2. The molecule has 0 amide bonds. The van der Waals surface area contributed by atoms with Gasteiger partial charge in [-0.05, 0) is 59.7 Å². The predicted octanol–water partition coefficient (Wildman–Crippen LogP) is 6.98. The minimum absolute atomic E-state index is 0.0504. The lowest BCUT2D eigenvalue weighted by atomic mass is 10.2. The number of phosphoric acid groups is 1. The normalized spacial score (nSPS) is 12.3. The van der Waals surface area contributed by atoms with Crippen molar-refractivity contribution < 1.29 is 32.3 Å². The van der Waals surface area contributed by atoms with Gasteiger partial charge >= 0.3 is 7.82 Å². The largest absolute Gasteiger partial charge is 0.531 e. The van der Waals surface area contributed by atoms with Gasteiger partial charge in [-0.15, -0.1) is 0 Å². The van der Waals surface area contributed by atoms with Gasteiger partial charge in [-0.1, -0.05) is 0 Å². The number of hydrogen-bond donors (Lipinski definition) is 0. The van der Waals surface area contributed by atoms with Gasteiger partial charge in [-0.3, -0.25) is 9.05 Å². The molecule has 0 unspecified atom stereocenters. The number of ether oxygens (including phenoxy) is 3. The van der Waals surface area contributed by atoms with Crippen LogP contribution in [0.4, 0.5) is 0 Å². The topological polar surface area (TPSA) is 101 Å². The average Bonchev–Trinajstić information content (AvgIpc) is 3.06. The third kappa shape index (κ3) is 6.52. The Bertz CT molecular complexity index is 1300. The zero-order valence-corrected chi connectivity index (χ0v) is 23.1. The number of methoxy groups -OCH3 is 2. The first kappa shape index (κ1) is 27.4. The maximum atomic E-state index is 13.7. The number of aryl methyl sites for hydroxylation is 1. The van der Waals surface area contributed by atoms with Gasteiger partial charge in [0.05, 0.1) is 31.0 Å². The Morgan fingerprint density at radius 2 is 1.44 bits per heavy atom. The molecule has 194 valence electrons. The van der Waals surface area contributed by atoms with Crippen LogP contribution in [-0.2, 0) is 20.7 Å². The molecule has 3 aromatic rings. The molecule has 0 saturated carbocycles. The summed E-state index contributed by atoms with van der Waals surface area (Å²) >= 11 is 0. The van der Waals surface area contributed by atoms with Gasteiger partial charge in [0.15, 0.2) is 11.5 Å². The van der Waals surface area contributed by atoms with Crippen molar-refractivity contribution in [3.8, 4) is 34.8 Å². The van der Waals surface area contributed by atoms with Crippen molar-refractivity contribution in [1.82, 2.24) is 4.57 Å². The molecule has 0 spiro atoms. The maximum Gasteiger partial charge on any atom is 0.531 e. The van der Waals surface area contributed by atoms with Crippen molar-refractivity contribution in [2.75, 3.05) is 14.2 Å². The summed E-state index contributed by atoms with van der Waals surface area (Å²) in [6.45, 7) is 10.5. The molecule has 0 fully saturated rings. The number of phosphoric ester groups is 1. The fourth-order valence-electron chi connectivity index (χ4n) is 3.50. The van der Waals surface area contributed by atoms with E-state index in [1.54, 1.807) is 72.0 Å². The lowest BCUT2D eigenvalue weighted by Crippen LogP contribution is -2.25. The molecule has 9 nitrogen and oxygen atoms in total. The summed E-state index contributed by atoms with van der Waals surface area (Å²) in [6.07, 6.45) is 1.77. The highest BCUT2D eigenvalue weighted by Crippen LogP contribution is 2.58. The summed E-state index contributed by atoms with van der Waals surface area (Å²) in [5.74, 6) is 1.36. The predicted molar refractivity (Wildman–Crippen MR) is 137 cm³/mol. The second kappa shape index (κ2) is 10.1. The van der Waals surface area contributed by atoms with E-state index in [2.05, 4.69) is 6.07 Å². The highest BCUT2D eigenvalue weighted by atomic mass is 31.2. The zero-order chi connectivity index (χ0) is 26.9. The first-order valence-electron chi connectivity index (χ1n) is 11.3. The van der Waals surface area contributed by atoms with Crippen LogP contribution >= 0.6 is 7.82 Å². The summed E-state index contributed by atoms with van der Waals surface area (Å²) in [4.78, 5) is 0.